The van der Waals surface area contributed by atoms with E-state index in [4.69, 9.17) is 0 Å². The molecule has 4 rings (SSSR count). The van der Waals surface area contributed by atoms with Crippen LogP contribution >= 0.6 is 0 Å². The van der Waals surface area contributed by atoms with Gasteiger partial charge in [-0.15, -0.1) is 0 Å². The van der Waals surface area contributed by atoms with Crippen molar-refractivity contribution in [2.75, 3.05) is 43.4 Å². The average Bonchev–Trinajstić information content (AvgIpc) is 3.70. The number of aromatic amines is 1. The number of piperidine rings is 1. The van der Waals surface area contributed by atoms with Crippen LogP contribution in [0.2, 0.25) is 0 Å². The molecule has 1 atom stereocenters. The molecule has 0 radical (unpaired) electrons. The van der Waals surface area contributed by atoms with Crippen molar-refractivity contribution < 1.29 is 4.79 Å². The molecular weight excluding hydrogens is 440 g/mol. The molecule has 1 aliphatic heterocycles. The molecule has 1 aliphatic carbocycles. The molecule has 1 saturated carbocycles. The first-order valence-corrected chi connectivity index (χ1v) is 12.8. The number of amides is 1. The zero-order valence-corrected chi connectivity index (χ0v) is 21.1. The molecule has 2 fully saturated rings. The van der Waals surface area contributed by atoms with Crippen molar-refractivity contribution in [3.63, 3.8) is 0 Å². The molecule has 1 saturated heterocycles. The summed E-state index contributed by atoms with van der Waals surface area (Å²) in [6.45, 7) is 7.10. The van der Waals surface area contributed by atoms with Gasteiger partial charge in [-0.25, -0.2) is 4.98 Å². The number of hydrogen-bond acceptors (Lipinski definition) is 6. The molecular formula is C27H38N6O2. The van der Waals surface area contributed by atoms with E-state index in [1.807, 2.05) is 36.2 Å². The maximum atomic E-state index is 13.0. The fourth-order valence-corrected chi connectivity index (χ4v) is 4.60. The summed E-state index contributed by atoms with van der Waals surface area (Å²) in [5.41, 5.74) is 2.55. The van der Waals surface area contributed by atoms with Gasteiger partial charge in [0, 0.05) is 69.3 Å². The quantitative estimate of drug-likeness (QED) is 0.454. The average molecular weight is 479 g/mol. The highest BCUT2D eigenvalue weighted by Crippen LogP contribution is 2.34. The van der Waals surface area contributed by atoms with Crippen molar-refractivity contribution in [3.05, 3.63) is 53.1 Å². The molecule has 188 valence electrons. The topological polar surface area (TPSA) is 93.4 Å². The summed E-state index contributed by atoms with van der Waals surface area (Å²) in [6.07, 6.45) is 11.4. The van der Waals surface area contributed by atoms with Crippen LogP contribution in [0.25, 0.3) is 11.1 Å². The van der Waals surface area contributed by atoms with E-state index in [1.165, 1.54) is 12.8 Å². The van der Waals surface area contributed by atoms with Crippen LogP contribution in [0, 0.1) is 5.92 Å². The van der Waals surface area contributed by atoms with E-state index < -0.39 is 0 Å². The van der Waals surface area contributed by atoms with E-state index in [2.05, 4.69) is 39.3 Å². The number of nitrogens with zero attached hydrogens (tertiary/aromatic N) is 3. The molecule has 0 unspecified atom stereocenters. The monoisotopic (exact) mass is 478 g/mol. The second kappa shape index (κ2) is 11.5. The van der Waals surface area contributed by atoms with Crippen LogP contribution < -0.4 is 21.1 Å². The van der Waals surface area contributed by atoms with E-state index >= 15 is 0 Å². The Morgan fingerprint density at radius 2 is 2.11 bits per heavy atom. The van der Waals surface area contributed by atoms with Crippen molar-refractivity contribution >= 4 is 17.4 Å². The van der Waals surface area contributed by atoms with Gasteiger partial charge < -0.3 is 25.4 Å². The van der Waals surface area contributed by atoms with Crippen LogP contribution in [-0.4, -0.2) is 66.1 Å². The second-order valence-electron chi connectivity index (χ2n) is 9.92. The smallest absolute Gasteiger partial charge is 0.271 e. The molecule has 0 bridgehead atoms. The van der Waals surface area contributed by atoms with Crippen LogP contribution in [0.5, 0.6) is 0 Å². The Hall–Kier alpha value is -3.13. The second-order valence-corrected chi connectivity index (χ2v) is 9.92. The SMILES string of the molecule is CNc1cc(-c2c[nH]c(=O)c(N(CC3CC3)[C@@H]3CCCN(C(=O)/C=C/CNC(C)C)C3)c2)ccn1. The molecule has 8 heteroatoms. The third kappa shape index (κ3) is 6.72. The zero-order chi connectivity index (χ0) is 24.8. The standard InChI is InChI=1S/C27H38N6O2/c1-19(2)29-11-4-7-26(34)32-13-5-6-23(18-32)33(17-20-8-9-20)24-14-22(16-31-27(24)35)21-10-12-30-25(15-21)28-3/h4,7,10,12,14-16,19-20,23,29H,5-6,8-9,11,13,17-18H2,1-3H3,(H,28,30)(H,31,35)/b7-4+/t23-/m1/s1. The normalized spacial score (nSPS) is 18.3. The lowest BCUT2D eigenvalue weighted by molar-refractivity contribution is -0.127. The highest BCUT2D eigenvalue weighted by molar-refractivity contribution is 5.87. The number of aromatic nitrogens is 2. The number of anilines is 2. The molecule has 8 nitrogen and oxygen atoms in total. The van der Waals surface area contributed by atoms with Gasteiger partial charge in [0.2, 0.25) is 5.91 Å². The Bertz CT molecular complexity index is 1090. The summed E-state index contributed by atoms with van der Waals surface area (Å²) in [7, 11) is 1.84. The molecule has 1 amide bonds. The van der Waals surface area contributed by atoms with Gasteiger partial charge in [-0.2, -0.15) is 0 Å². The molecule has 35 heavy (non-hydrogen) atoms. The summed E-state index contributed by atoms with van der Waals surface area (Å²) >= 11 is 0. The highest BCUT2D eigenvalue weighted by atomic mass is 16.2. The van der Waals surface area contributed by atoms with Gasteiger partial charge in [-0.1, -0.05) is 19.9 Å². The molecule has 2 aromatic rings. The number of rotatable bonds is 10. The fourth-order valence-electron chi connectivity index (χ4n) is 4.60. The van der Waals surface area contributed by atoms with Crippen molar-refractivity contribution in [3.8, 4) is 11.1 Å². The van der Waals surface area contributed by atoms with Crippen LogP contribution in [-0.2, 0) is 4.79 Å². The lowest BCUT2D eigenvalue weighted by Gasteiger charge is -2.40. The Balaban J connectivity index is 1.55. The number of nitrogens with one attached hydrogen (secondary N) is 3. The van der Waals surface area contributed by atoms with Crippen LogP contribution in [0.15, 0.2) is 47.5 Å². The number of hydrogen-bond donors (Lipinski definition) is 3. The van der Waals surface area contributed by atoms with Gasteiger partial charge in [-0.3, -0.25) is 9.59 Å². The first-order valence-electron chi connectivity index (χ1n) is 12.8. The first-order chi connectivity index (χ1) is 16.9. The summed E-state index contributed by atoms with van der Waals surface area (Å²) < 4.78 is 0. The number of likely N-dealkylation sites (tertiary alicyclic amines) is 1. The van der Waals surface area contributed by atoms with Gasteiger partial charge in [-0.05, 0) is 55.4 Å². The van der Waals surface area contributed by atoms with E-state index in [0.717, 1.165) is 42.9 Å². The number of H-pyrrole nitrogens is 1. The lowest BCUT2D eigenvalue weighted by Crippen LogP contribution is -2.51. The summed E-state index contributed by atoms with van der Waals surface area (Å²) in [5.74, 6) is 1.44. The first kappa shape index (κ1) is 25.0. The molecule has 0 aromatic carbocycles. The molecule has 3 N–H and O–H groups in total. The molecule has 3 heterocycles. The van der Waals surface area contributed by atoms with E-state index in [0.29, 0.717) is 30.7 Å². The zero-order valence-electron chi connectivity index (χ0n) is 21.1. The van der Waals surface area contributed by atoms with E-state index in [-0.39, 0.29) is 17.5 Å². The maximum Gasteiger partial charge on any atom is 0.271 e. The van der Waals surface area contributed by atoms with E-state index in [9.17, 15) is 9.59 Å². The van der Waals surface area contributed by atoms with Crippen molar-refractivity contribution in [1.29, 1.82) is 0 Å². The number of carbonyl (C=O) groups is 1. The number of pyridine rings is 2. The van der Waals surface area contributed by atoms with Gasteiger partial charge in [0.05, 0.1) is 0 Å². The van der Waals surface area contributed by atoms with Crippen molar-refractivity contribution in [1.82, 2.24) is 20.2 Å². The predicted octanol–water partition coefficient (Wildman–Crippen LogP) is 3.24. The molecule has 2 aliphatic rings. The Labute approximate surface area is 207 Å². The Morgan fingerprint density at radius 3 is 2.86 bits per heavy atom. The van der Waals surface area contributed by atoms with Gasteiger partial charge in [0.15, 0.2) is 0 Å². The summed E-state index contributed by atoms with van der Waals surface area (Å²) in [4.78, 5) is 37.4. The summed E-state index contributed by atoms with van der Waals surface area (Å²) in [6, 6.07) is 6.43. The van der Waals surface area contributed by atoms with Crippen molar-refractivity contribution in [2.24, 2.45) is 5.92 Å². The van der Waals surface area contributed by atoms with Crippen molar-refractivity contribution in [2.45, 2.75) is 51.6 Å². The Kier molecular flexibility index (Phi) is 8.23. The largest absolute Gasteiger partial charge is 0.373 e. The third-order valence-corrected chi connectivity index (χ3v) is 6.75. The van der Waals surface area contributed by atoms with Gasteiger partial charge >= 0.3 is 0 Å². The minimum Gasteiger partial charge on any atom is -0.373 e. The number of carbonyl (C=O) groups excluding carboxylic acids is 1. The maximum absolute atomic E-state index is 13.0. The van der Waals surface area contributed by atoms with Crippen LogP contribution in [0.4, 0.5) is 11.5 Å². The Morgan fingerprint density at radius 1 is 1.29 bits per heavy atom. The van der Waals surface area contributed by atoms with Crippen LogP contribution in [0.3, 0.4) is 0 Å². The fraction of sp³-hybridized carbons (Fsp3) is 0.519. The lowest BCUT2D eigenvalue weighted by atomic mass is 10.0. The van der Waals surface area contributed by atoms with Gasteiger partial charge in [0.1, 0.15) is 11.5 Å². The minimum absolute atomic E-state index is 0.0469. The van der Waals surface area contributed by atoms with Crippen LogP contribution in [0.1, 0.15) is 39.5 Å². The third-order valence-electron chi connectivity index (χ3n) is 6.75. The van der Waals surface area contributed by atoms with Gasteiger partial charge in [0.25, 0.3) is 5.56 Å². The summed E-state index contributed by atoms with van der Waals surface area (Å²) in [5, 5.41) is 6.37. The molecule has 0 spiro atoms. The molecule has 2 aromatic heterocycles. The predicted molar refractivity (Wildman–Crippen MR) is 142 cm³/mol. The highest BCUT2D eigenvalue weighted by Gasteiger charge is 2.33. The minimum atomic E-state index is -0.0830. The van der Waals surface area contributed by atoms with E-state index in [1.54, 1.807) is 18.5 Å².